The topological polar surface area (TPSA) is 133 Å². The van der Waals surface area contributed by atoms with Crippen molar-refractivity contribution < 1.29 is 38.9 Å². The van der Waals surface area contributed by atoms with Crippen molar-refractivity contribution in [2.75, 3.05) is 13.2 Å². The summed E-state index contributed by atoms with van der Waals surface area (Å²) in [6, 6.07) is 2.77. The second-order valence-corrected chi connectivity index (χ2v) is 3.84. The third-order valence-corrected chi connectivity index (χ3v) is 2.42. The van der Waals surface area contributed by atoms with E-state index in [1.54, 1.807) is 0 Å². The molecule has 116 valence electrons. The maximum atomic E-state index is 11.7. The Hall–Kier alpha value is -3.16. The van der Waals surface area contributed by atoms with Gasteiger partial charge in [0, 0.05) is 17.2 Å². The minimum atomic E-state index is -1.77. The summed E-state index contributed by atoms with van der Waals surface area (Å²) < 4.78 is 9.30. The van der Waals surface area contributed by atoms with Gasteiger partial charge in [0.05, 0.1) is 17.5 Å². The molecule has 0 saturated heterocycles. The fraction of sp³-hybridized carbons (Fsp3) is 0.143. The molecule has 0 unspecified atom stereocenters. The molecule has 0 aliphatic heterocycles. The van der Waals surface area contributed by atoms with Crippen LogP contribution in [0, 0.1) is 0 Å². The molecule has 0 radical (unpaired) electrons. The summed E-state index contributed by atoms with van der Waals surface area (Å²) in [6.07, 6.45) is 0.937. The average molecular weight is 306 g/mol. The highest BCUT2D eigenvalue weighted by molar-refractivity contribution is 6.02. The molecule has 0 aliphatic rings. The van der Waals surface area contributed by atoms with E-state index in [9.17, 15) is 29.4 Å². The molecule has 0 bridgehead atoms. The molecule has 0 N–H and O–H groups in total. The number of carbonyl (C=O) groups is 4. The molecule has 0 aromatic heterocycles. The van der Waals surface area contributed by atoms with Crippen LogP contribution in [0.4, 0.5) is 0 Å². The molecule has 0 atom stereocenters. The fourth-order valence-electron chi connectivity index (χ4n) is 1.44. The van der Waals surface area contributed by atoms with Gasteiger partial charge >= 0.3 is 11.9 Å². The Morgan fingerprint density at radius 1 is 1.00 bits per heavy atom. The summed E-state index contributed by atoms with van der Waals surface area (Å²) in [4.78, 5) is 44.0. The number of ether oxygens (including phenoxy) is 2. The first-order valence-electron chi connectivity index (χ1n) is 5.90. The van der Waals surface area contributed by atoms with E-state index in [0.29, 0.717) is 0 Å². The van der Waals surface area contributed by atoms with Gasteiger partial charge < -0.3 is 29.3 Å². The first-order chi connectivity index (χ1) is 10.4. The van der Waals surface area contributed by atoms with E-state index in [0.717, 1.165) is 24.3 Å². The second kappa shape index (κ2) is 7.58. The van der Waals surface area contributed by atoms with Gasteiger partial charge in [-0.15, -0.1) is 0 Å². The zero-order valence-electron chi connectivity index (χ0n) is 11.2. The molecule has 0 amide bonds. The standard InChI is InChI=1S/C14H12O8/c1-2-11(15)21-5-6-22-14(20)8-3-4-9(12(16)17)10(7-8)13(18)19/h2-4,7H,1,5-6H2,(H,16,17)(H,18,19)/p-2. The number of carbonyl (C=O) groups excluding carboxylic acids is 4. The van der Waals surface area contributed by atoms with Crippen molar-refractivity contribution in [2.24, 2.45) is 0 Å². The number of aromatic carboxylic acids is 2. The lowest BCUT2D eigenvalue weighted by Gasteiger charge is -2.13. The molecule has 22 heavy (non-hydrogen) atoms. The third-order valence-electron chi connectivity index (χ3n) is 2.42. The first kappa shape index (κ1) is 16.9. The van der Waals surface area contributed by atoms with E-state index in [-0.39, 0.29) is 18.8 Å². The molecule has 0 spiro atoms. The molecule has 0 aliphatic carbocycles. The van der Waals surface area contributed by atoms with E-state index in [2.05, 4.69) is 11.3 Å². The maximum absolute atomic E-state index is 11.7. The lowest BCUT2D eigenvalue weighted by Crippen LogP contribution is -2.30. The van der Waals surface area contributed by atoms with Gasteiger partial charge in [0.2, 0.25) is 0 Å². The van der Waals surface area contributed by atoms with Crippen molar-refractivity contribution in [3.63, 3.8) is 0 Å². The minimum Gasteiger partial charge on any atom is -0.545 e. The van der Waals surface area contributed by atoms with Crippen LogP contribution in [0.1, 0.15) is 31.1 Å². The van der Waals surface area contributed by atoms with Gasteiger partial charge in [0.25, 0.3) is 0 Å². The van der Waals surface area contributed by atoms with Crippen molar-refractivity contribution >= 4 is 23.9 Å². The summed E-state index contributed by atoms with van der Waals surface area (Å²) in [7, 11) is 0. The SMILES string of the molecule is C=CC(=O)OCCOC(=O)c1ccc(C(=O)[O-])c(C(=O)[O-])c1. The summed E-state index contributed by atoms with van der Waals surface area (Å²) in [5, 5.41) is 21.6. The van der Waals surface area contributed by atoms with Gasteiger partial charge in [-0.3, -0.25) is 0 Å². The Bertz CT molecular complexity index is 632. The molecule has 0 heterocycles. The van der Waals surface area contributed by atoms with Crippen LogP contribution in [0.15, 0.2) is 30.9 Å². The quantitative estimate of drug-likeness (QED) is 0.330. The van der Waals surface area contributed by atoms with E-state index in [1.165, 1.54) is 0 Å². The fourth-order valence-corrected chi connectivity index (χ4v) is 1.44. The van der Waals surface area contributed by atoms with E-state index in [4.69, 9.17) is 4.74 Å². The average Bonchev–Trinajstić information content (AvgIpc) is 2.50. The Balaban J connectivity index is 2.76. The second-order valence-electron chi connectivity index (χ2n) is 3.84. The zero-order chi connectivity index (χ0) is 16.7. The highest BCUT2D eigenvalue weighted by Gasteiger charge is 2.12. The number of hydrogen-bond donors (Lipinski definition) is 0. The smallest absolute Gasteiger partial charge is 0.338 e. The van der Waals surface area contributed by atoms with Crippen LogP contribution in [-0.4, -0.2) is 37.1 Å². The molecule has 0 saturated carbocycles. The number of hydrogen-bond acceptors (Lipinski definition) is 8. The van der Waals surface area contributed by atoms with Crippen LogP contribution in [0.2, 0.25) is 0 Å². The summed E-state index contributed by atoms with van der Waals surface area (Å²) >= 11 is 0. The number of carboxylic acid groups (broad SMARTS) is 2. The highest BCUT2D eigenvalue weighted by Crippen LogP contribution is 2.12. The van der Waals surface area contributed by atoms with Gasteiger partial charge in [-0.2, -0.15) is 0 Å². The predicted molar refractivity (Wildman–Crippen MR) is 66.5 cm³/mol. The first-order valence-corrected chi connectivity index (χ1v) is 5.90. The lowest BCUT2D eigenvalue weighted by molar-refractivity contribution is -0.259. The van der Waals surface area contributed by atoms with Crippen LogP contribution in [0.3, 0.4) is 0 Å². The number of esters is 2. The molecule has 8 nitrogen and oxygen atoms in total. The zero-order valence-corrected chi connectivity index (χ0v) is 11.2. The number of benzene rings is 1. The summed E-state index contributed by atoms with van der Waals surface area (Å²) in [5.41, 5.74) is -1.51. The van der Waals surface area contributed by atoms with Gasteiger partial charge in [-0.05, 0) is 12.1 Å². The van der Waals surface area contributed by atoms with Crippen LogP contribution in [0.5, 0.6) is 0 Å². The maximum Gasteiger partial charge on any atom is 0.338 e. The van der Waals surface area contributed by atoms with Crippen molar-refractivity contribution in [3.05, 3.63) is 47.5 Å². The Labute approximate surface area is 124 Å². The molecule has 1 aromatic rings. The van der Waals surface area contributed by atoms with Crippen molar-refractivity contribution in [1.82, 2.24) is 0 Å². The largest absolute Gasteiger partial charge is 0.545 e. The van der Waals surface area contributed by atoms with Gasteiger partial charge in [-0.1, -0.05) is 12.6 Å². The van der Waals surface area contributed by atoms with Crippen molar-refractivity contribution in [2.45, 2.75) is 0 Å². The molecule has 8 heteroatoms. The normalized spacial score (nSPS) is 9.64. The monoisotopic (exact) mass is 306 g/mol. The van der Waals surface area contributed by atoms with Crippen LogP contribution in [-0.2, 0) is 14.3 Å². The predicted octanol–water partition coefficient (Wildman–Crippen LogP) is -1.70. The molecular weight excluding hydrogens is 296 g/mol. The molecule has 1 aromatic carbocycles. The molecule has 0 fully saturated rings. The van der Waals surface area contributed by atoms with Crippen molar-refractivity contribution in [1.29, 1.82) is 0 Å². The molecule has 1 rings (SSSR count). The lowest BCUT2D eigenvalue weighted by atomic mass is 10.0. The Morgan fingerprint density at radius 2 is 1.59 bits per heavy atom. The van der Waals surface area contributed by atoms with E-state index >= 15 is 0 Å². The third kappa shape index (κ3) is 4.44. The van der Waals surface area contributed by atoms with Crippen LogP contribution in [0.25, 0.3) is 0 Å². The minimum absolute atomic E-state index is 0.195. The summed E-state index contributed by atoms with van der Waals surface area (Å²) in [5.74, 6) is -5.08. The van der Waals surface area contributed by atoms with Gasteiger partial charge in [-0.25, -0.2) is 9.59 Å². The van der Waals surface area contributed by atoms with E-state index in [1.807, 2.05) is 0 Å². The summed E-state index contributed by atoms with van der Waals surface area (Å²) in [6.45, 7) is 2.70. The number of rotatable bonds is 7. The van der Waals surface area contributed by atoms with Crippen LogP contribution >= 0.6 is 0 Å². The Kier molecular flexibility index (Phi) is 5.82. The van der Waals surface area contributed by atoms with E-state index < -0.39 is 35.0 Å². The van der Waals surface area contributed by atoms with Crippen molar-refractivity contribution in [3.8, 4) is 0 Å². The Morgan fingerprint density at radius 3 is 2.14 bits per heavy atom. The highest BCUT2D eigenvalue weighted by atomic mass is 16.6. The van der Waals surface area contributed by atoms with Crippen LogP contribution < -0.4 is 10.2 Å². The van der Waals surface area contributed by atoms with Gasteiger partial charge in [0.1, 0.15) is 13.2 Å². The van der Waals surface area contributed by atoms with Gasteiger partial charge in [0.15, 0.2) is 0 Å². The molecular formula is C14H10O8-2. The number of carboxylic acids is 2.